The van der Waals surface area contributed by atoms with Crippen LogP contribution in [0.4, 0.5) is 11.8 Å². The van der Waals surface area contributed by atoms with Gasteiger partial charge in [-0.2, -0.15) is 4.98 Å². The molecule has 2 saturated heterocycles. The van der Waals surface area contributed by atoms with Crippen molar-refractivity contribution in [1.29, 1.82) is 0 Å². The summed E-state index contributed by atoms with van der Waals surface area (Å²) in [5, 5.41) is 11.3. The number of nitrogens with one attached hydrogen (secondary N) is 1. The van der Waals surface area contributed by atoms with Crippen LogP contribution in [0.5, 0.6) is 0 Å². The first-order valence-electron chi connectivity index (χ1n) is 13.2. The van der Waals surface area contributed by atoms with Crippen LogP contribution in [-0.4, -0.2) is 97.8 Å². The second kappa shape index (κ2) is 12.3. The van der Waals surface area contributed by atoms with Gasteiger partial charge in [0, 0.05) is 0 Å². The summed E-state index contributed by atoms with van der Waals surface area (Å²) in [4.78, 5) is 53.4. The van der Waals surface area contributed by atoms with Crippen LogP contribution >= 0.6 is 26.0 Å². The van der Waals surface area contributed by atoms with Gasteiger partial charge >= 0.3 is 14.6 Å². The monoisotopic (exact) mass is 690 g/mol. The van der Waals surface area contributed by atoms with Crippen molar-refractivity contribution in [2.45, 2.75) is 49.7 Å². The molecule has 24 heteroatoms. The molecule has 4 aromatic rings. The molecular formula is C21H28N10O11P2S. The molecule has 0 spiro atoms. The van der Waals surface area contributed by atoms with Crippen molar-refractivity contribution in [3.8, 4) is 0 Å². The van der Waals surface area contributed by atoms with Crippen LogP contribution in [-0.2, 0) is 32.2 Å². The summed E-state index contributed by atoms with van der Waals surface area (Å²) in [5.41, 5.74) is 11.8. The van der Waals surface area contributed by atoms with E-state index in [1.807, 2.05) is 0 Å². The number of rotatable bonds is 11. The maximum atomic E-state index is 13.8. The standard InChI is InChI=1S/C21H28N10O11P2S/c1-45-44(37,39-4-9-2-3-11(40-9)30-7-27-13-18(30)28-21(23)29-19(13)33)42-15-10(5-38-43(34,35)36)41-20(14(15)32)31-8-26-12-16(22)24-6-25-17(12)31/h6-11,14-15,20,32H,2-5H2,1H3,(H2,22,24,25)(H2,34,35,36)(H3,23,28,29,33)/t9-,10+,11+,14+,15+,20+,44?/m0/s1. The molecule has 45 heavy (non-hydrogen) atoms. The summed E-state index contributed by atoms with van der Waals surface area (Å²) >= 11 is 0.738. The Morgan fingerprint density at radius 2 is 1.80 bits per heavy atom. The van der Waals surface area contributed by atoms with Crippen LogP contribution in [0.15, 0.2) is 23.8 Å². The third-order valence-corrected chi connectivity index (χ3v) is 10.9. The van der Waals surface area contributed by atoms with Gasteiger partial charge in [-0.15, -0.1) is 0 Å². The summed E-state index contributed by atoms with van der Waals surface area (Å²) in [6.07, 6.45) is -0.364. The number of anilines is 2. The van der Waals surface area contributed by atoms with Crippen LogP contribution in [0.3, 0.4) is 0 Å². The Labute approximate surface area is 256 Å². The summed E-state index contributed by atoms with van der Waals surface area (Å²) in [7, 11) is -4.96. The van der Waals surface area contributed by atoms with Gasteiger partial charge in [0.15, 0.2) is 28.9 Å². The average Bonchev–Trinajstić information content (AvgIpc) is 3.77. The van der Waals surface area contributed by atoms with E-state index in [2.05, 4.69) is 34.4 Å². The molecule has 8 N–H and O–H groups in total. The van der Waals surface area contributed by atoms with Crippen LogP contribution in [0.25, 0.3) is 22.3 Å². The number of hydrogen-bond acceptors (Lipinski definition) is 17. The van der Waals surface area contributed by atoms with Crippen molar-refractivity contribution in [2.75, 3.05) is 30.9 Å². The Balaban J connectivity index is 1.16. The molecule has 2 fully saturated rings. The minimum atomic E-state index is -4.96. The summed E-state index contributed by atoms with van der Waals surface area (Å²) < 4.78 is 56.2. The van der Waals surface area contributed by atoms with Crippen LogP contribution < -0.4 is 17.0 Å². The SMILES string of the molecule is CSP(=O)(OC[C@@H]1CC[C@H](n2cnc3c(=O)[nH]c(N)nc32)O1)O[C@H]1[C@@H](O)[C@H](n2cnc3c(N)ncnc32)O[C@@H]1COP(=O)(O)O. The number of nitrogens with two attached hydrogens (primary N) is 2. The minimum Gasteiger partial charge on any atom is -0.386 e. The summed E-state index contributed by atoms with van der Waals surface area (Å²) in [6.45, 7) is -4.96. The normalized spacial score (nSPS) is 27.0. The number of nitrogen functional groups attached to an aromatic ring is 2. The Bertz CT molecular complexity index is 1870. The van der Waals surface area contributed by atoms with Crippen molar-refractivity contribution < 1.29 is 47.1 Å². The van der Waals surface area contributed by atoms with Crippen LogP contribution in [0, 0.1) is 0 Å². The number of imidazole rings is 2. The fourth-order valence-corrected chi connectivity index (χ4v) is 7.61. The van der Waals surface area contributed by atoms with Crippen molar-refractivity contribution >= 4 is 60.1 Å². The highest BCUT2D eigenvalue weighted by molar-refractivity contribution is 8.54. The highest BCUT2D eigenvalue weighted by Crippen LogP contribution is 2.62. The number of phosphoric acid groups is 1. The molecule has 0 amide bonds. The molecule has 244 valence electrons. The zero-order valence-corrected chi connectivity index (χ0v) is 25.8. The van der Waals surface area contributed by atoms with Gasteiger partial charge in [0.2, 0.25) is 5.95 Å². The zero-order valence-electron chi connectivity index (χ0n) is 23.2. The molecule has 2 aliphatic heterocycles. The fraction of sp³-hybridized carbons (Fsp3) is 0.524. The lowest BCUT2D eigenvalue weighted by Gasteiger charge is -2.26. The smallest absolute Gasteiger partial charge is 0.386 e. The number of aromatic nitrogens is 8. The Morgan fingerprint density at radius 3 is 2.56 bits per heavy atom. The van der Waals surface area contributed by atoms with Gasteiger partial charge in [-0.25, -0.2) is 29.1 Å². The zero-order chi connectivity index (χ0) is 32.1. The maximum absolute atomic E-state index is 13.8. The van der Waals surface area contributed by atoms with E-state index in [0.717, 1.165) is 11.4 Å². The minimum absolute atomic E-state index is 0.0753. The number of aromatic amines is 1. The van der Waals surface area contributed by atoms with Gasteiger partial charge in [-0.1, -0.05) is 0 Å². The maximum Gasteiger partial charge on any atom is 0.469 e. The number of hydrogen-bond donors (Lipinski definition) is 6. The third-order valence-electron chi connectivity index (χ3n) is 7.12. The van der Waals surface area contributed by atoms with Gasteiger partial charge < -0.3 is 35.8 Å². The van der Waals surface area contributed by atoms with Gasteiger partial charge in [0.1, 0.15) is 36.4 Å². The molecule has 2 aliphatic rings. The first-order chi connectivity index (χ1) is 21.4. The second-order valence-electron chi connectivity index (χ2n) is 9.99. The molecule has 4 aromatic heterocycles. The van der Waals surface area contributed by atoms with Crippen LogP contribution in [0.1, 0.15) is 25.3 Å². The molecule has 0 aliphatic carbocycles. The van der Waals surface area contributed by atoms with Crippen molar-refractivity contribution in [2.24, 2.45) is 0 Å². The number of ether oxygens (including phenoxy) is 2. The Morgan fingerprint density at radius 1 is 1.04 bits per heavy atom. The molecule has 0 aromatic carbocycles. The Kier molecular flexibility index (Phi) is 8.74. The number of aliphatic hydroxyl groups is 1. The van der Waals surface area contributed by atoms with E-state index in [-0.39, 0.29) is 40.7 Å². The third kappa shape index (κ3) is 6.49. The van der Waals surface area contributed by atoms with E-state index in [1.54, 1.807) is 4.57 Å². The Hall–Kier alpha value is -3.01. The van der Waals surface area contributed by atoms with Crippen molar-refractivity contribution in [3.63, 3.8) is 0 Å². The van der Waals surface area contributed by atoms with E-state index in [4.69, 9.17) is 30.0 Å². The first kappa shape index (κ1) is 32.0. The lowest BCUT2D eigenvalue weighted by molar-refractivity contribution is -0.0501. The van der Waals surface area contributed by atoms with Crippen LogP contribution in [0.2, 0.25) is 0 Å². The molecule has 6 heterocycles. The quantitative estimate of drug-likeness (QED) is 0.113. The number of fused-ring (bicyclic) bond motifs is 2. The number of phosphoric ester groups is 1. The lowest BCUT2D eigenvalue weighted by atomic mass is 10.1. The van der Waals surface area contributed by atoms with Crippen molar-refractivity contribution in [3.05, 3.63) is 29.3 Å². The molecule has 21 nitrogen and oxygen atoms in total. The number of H-pyrrole nitrogens is 1. The van der Waals surface area contributed by atoms with Gasteiger partial charge in [-0.05, 0) is 30.5 Å². The van der Waals surface area contributed by atoms with Crippen molar-refractivity contribution in [1.82, 2.24) is 39.0 Å². The second-order valence-corrected chi connectivity index (χ2v) is 15.4. The molecular weight excluding hydrogens is 662 g/mol. The lowest BCUT2D eigenvalue weighted by Crippen LogP contribution is -2.36. The number of nitrogens with zero attached hydrogens (tertiary/aromatic N) is 7. The number of aliphatic hydroxyl groups excluding tert-OH is 1. The average molecular weight is 691 g/mol. The van der Waals surface area contributed by atoms with E-state index in [0.29, 0.717) is 12.8 Å². The van der Waals surface area contributed by atoms with Gasteiger partial charge in [0.25, 0.3) is 5.56 Å². The summed E-state index contributed by atoms with van der Waals surface area (Å²) in [6, 6.07) is 0. The molecule has 0 bridgehead atoms. The highest BCUT2D eigenvalue weighted by Gasteiger charge is 2.50. The van der Waals surface area contributed by atoms with Gasteiger partial charge in [0.05, 0.1) is 32.0 Å². The molecule has 0 radical (unpaired) electrons. The largest absolute Gasteiger partial charge is 0.469 e. The van der Waals surface area contributed by atoms with E-state index in [1.165, 1.54) is 29.8 Å². The summed E-state index contributed by atoms with van der Waals surface area (Å²) in [5.74, 6) is 0.000912. The predicted octanol–water partition coefficient (Wildman–Crippen LogP) is 0.0420. The highest BCUT2D eigenvalue weighted by atomic mass is 32.7. The molecule has 1 unspecified atom stereocenters. The fourth-order valence-electron chi connectivity index (χ4n) is 5.06. The first-order valence-corrected chi connectivity index (χ1v) is 18.1. The molecule has 0 saturated carbocycles. The van der Waals surface area contributed by atoms with Gasteiger partial charge in [-0.3, -0.25) is 32.5 Å². The van der Waals surface area contributed by atoms with E-state index < -0.39 is 63.7 Å². The molecule has 7 atom stereocenters. The topological polar surface area (TPSA) is 300 Å². The van der Waals surface area contributed by atoms with E-state index >= 15 is 0 Å². The molecule has 6 rings (SSSR count). The van der Waals surface area contributed by atoms with E-state index in [9.17, 15) is 28.8 Å². The predicted molar refractivity (Wildman–Crippen MR) is 155 cm³/mol.